The Morgan fingerprint density at radius 3 is 2.24 bits per heavy atom. The van der Waals surface area contributed by atoms with Crippen LogP contribution in [0.3, 0.4) is 0 Å². The average molecular weight is 340 g/mol. The number of rotatable bonds is 5. The zero-order chi connectivity index (χ0) is 18.4. The van der Waals surface area contributed by atoms with Crippen LogP contribution in [0.15, 0.2) is 42.0 Å². The minimum atomic E-state index is -0.585. The van der Waals surface area contributed by atoms with Gasteiger partial charge in [-0.3, -0.25) is 4.79 Å². The van der Waals surface area contributed by atoms with Gasteiger partial charge in [0.15, 0.2) is 23.0 Å². The summed E-state index contributed by atoms with van der Waals surface area (Å²) in [4.78, 5) is 12.0. The first kappa shape index (κ1) is 17.7. The first-order valence-electron chi connectivity index (χ1n) is 7.33. The van der Waals surface area contributed by atoms with E-state index in [0.717, 1.165) is 0 Å². The van der Waals surface area contributed by atoms with E-state index >= 15 is 0 Å². The summed E-state index contributed by atoms with van der Waals surface area (Å²) in [7, 11) is 0. The molecule has 128 valence electrons. The lowest BCUT2D eigenvalue weighted by Gasteiger charge is -2.06. The summed E-state index contributed by atoms with van der Waals surface area (Å²) in [5.74, 6) is -1.69. The Morgan fingerprint density at radius 2 is 1.64 bits per heavy atom. The summed E-state index contributed by atoms with van der Waals surface area (Å²) in [5, 5.41) is 49.0. The van der Waals surface area contributed by atoms with E-state index in [0.29, 0.717) is 17.5 Å². The second kappa shape index (κ2) is 7.75. The largest absolute Gasteiger partial charge is 0.504 e. The third-order valence-corrected chi connectivity index (χ3v) is 3.41. The Morgan fingerprint density at radius 1 is 1.00 bits per heavy atom. The molecule has 7 nitrogen and oxygen atoms in total. The minimum Gasteiger partial charge on any atom is -0.504 e. The molecule has 0 atom stereocenters. The van der Waals surface area contributed by atoms with Crippen molar-refractivity contribution in [2.75, 3.05) is 6.54 Å². The average Bonchev–Trinajstić information content (AvgIpc) is 2.58. The molecule has 1 amide bonds. The molecule has 0 radical (unpaired) electrons. The van der Waals surface area contributed by atoms with Crippen LogP contribution in [0.25, 0.3) is 6.08 Å². The molecule has 0 fully saturated rings. The third kappa shape index (κ3) is 4.65. The van der Waals surface area contributed by atoms with Gasteiger partial charge in [0.2, 0.25) is 0 Å². The summed E-state index contributed by atoms with van der Waals surface area (Å²) in [6.45, 7) is 0.225. The van der Waals surface area contributed by atoms with E-state index in [1.807, 2.05) is 0 Å². The van der Waals surface area contributed by atoms with Crippen molar-refractivity contribution in [3.63, 3.8) is 0 Å². The summed E-state index contributed by atoms with van der Waals surface area (Å²) < 4.78 is 0. The lowest BCUT2D eigenvalue weighted by molar-refractivity contribution is -0.117. The van der Waals surface area contributed by atoms with Crippen molar-refractivity contribution in [2.24, 2.45) is 0 Å². The fraction of sp³-hybridized carbons (Fsp3) is 0.111. The number of nitriles is 1. The van der Waals surface area contributed by atoms with Gasteiger partial charge < -0.3 is 25.7 Å². The molecule has 2 aromatic rings. The molecule has 0 aromatic heterocycles. The Kier molecular flexibility index (Phi) is 5.48. The normalized spacial score (nSPS) is 10.9. The Labute approximate surface area is 143 Å². The SMILES string of the molecule is N#C/C(=C\c1ccc(O)c(O)c1)C(=O)NCCc1ccc(O)c(O)c1. The molecule has 0 saturated carbocycles. The Balaban J connectivity index is 2.00. The topological polar surface area (TPSA) is 134 Å². The second-order valence-corrected chi connectivity index (χ2v) is 5.25. The molecular weight excluding hydrogens is 324 g/mol. The van der Waals surface area contributed by atoms with E-state index in [-0.39, 0.29) is 35.1 Å². The predicted molar refractivity (Wildman–Crippen MR) is 89.8 cm³/mol. The van der Waals surface area contributed by atoms with Gasteiger partial charge in [0.1, 0.15) is 11.6 Å². The van der Waals surface area contributed by atoms with Crippen molar-refractivity contribution in [3.05, 3.63) is 53.1 Å². The molecule has 0 unspecified atom stereocenters. The first-order chi connectivity index (χ1) is 11.9. The van der Waals surface area contributed by atoms with Crippen molar-refractivity contribution in [2.45, 2.75) is 6.42 Å². The quantitative estimate of drug-likeness (QED) is 0.320. The van der Waals surface area contributed by atoms with Crippen LogP contribution in [0.2, 0.25) is 0 Å². The number of nitrogens with one attached hydrogen (secondary N) is 1. The van der Waals surface area contributed by atoms with E-state index in [4.69, 9.17) is 5.26 Å². The van der Waals surface area contributed by atoms with Crippen molar-refractivity contribution in [3.8, 4) is 29.1 Å². The van der Waals surface area contributed by atoms with Crippen LogP contribution in [0.5, 0.6) is 23.0 Å². The Bertz CT molecular complexity index is 868. The van der Waals surface area contributed by atoms with Crippen molar-refractivity contribution in [1.29, 1.82) is 5.26 Å². The number of amides is 1. The molecule has 2 rings (SSSR count). The summed E-state index contributed by atoms with van der Waals surface area (Å²) >= 11 is 0. The van der Waals surface area contributed by atoms with Gasteiger partial charge in [0.25, 0.3) is 5.91 Å². The van der Waals surface area contributed by atoms with Crippen molar-refractivity contribution >= 4 is 12.0 Å². The van der Waals surface area contributed by atoms with Crippen molar-refractivity contribution < 1.29 is 25.2 Å². The standard InChI is InChI=1S/C18H16N2O5/c19-10-13(7-12-2-4-15(22)17(24)9-12)18(25)20-6-5-11-1-3-14(21)16(23)8-11/h1-4,7-9,21-24H,5-6H2,(H,20,25)/b13-7+. The van der Waals surface area contributed by atoms with E-state index < -0.39 is 5.91 Å². The molecule has 0 saturated heterocycles. The molecule has 0 spiro atoms. The fourth-order valence-corrected chi connectivity index (χ4v) is 2.09. The number of phenols is 4. The highest BCUT2D eigenvalue weighted by Crippen LogP contribution is 2.26. The first-order valence-corrected chi connectivity index (χ1v) is 7.33. The molecule has 5 N–H and O–H groups in total. The highest BCUT2D eigenvalue weighted by molar-refractivity contribution is 6.01. The maximum atomic E-state index is 12.0. The van der Waals surface area contributed by atoms with E-state index in [1.165, 1.54) is 36.4 Å². The van der Waals surface area contributed by atoms with Gasteiger partial charge in [0, 0.05) is 6.54 Å². The van der Waals surface area contributed by atoms with E-state index in [2.05, 4.69) is 5.32 Å². The molecular formula is C18H16N2O5. The molecule has 0 aliphatic rings. The van der Waals surface area contributed by atoms with Crippen LogP contribution in [-0.2, 0) is 11.2 Å². The minimum absolute atomic E-state index is 0.154. The van der Waals surface area contributed by atoms with Gasteiger partial charge >= 0.3 is 0 Å². The zero-order valence-corrected chi connectivity index (χ0v) is 13.1. The number of phenolic OH excluding ortho intramolecular Hbond substituents is 4. The number of hydrogen-bond donors (Lipinski definition) is 5. The molecule has 0 aliphatic heterocycles. The maximum Gasteiger partial charge on any atom is 0.261 e. The van der Waals surface area contributed by atoms with Gasteiger partial charge in [0.05, 0.1) is 0 Å². The smallest absolute Gasteiger partial charge is 0.261 e. The van der Waals surface area contributed by atoms with Gasteiger partial charge in [-0.1, -0.05) is 12.1 Å². The summed E-state index contributed by atoms with van der Waals surface area (Å²) in [5.41, 5.74) is 0.950. The predicted octanol–water partition coefficient (Wildman–Crippen LogP) is 1.77. The number of hydrogen-bond acceptors (Lipinski definition) is 6. The number of nitrogens with zero attached hydrogens (tertiary/aromatic N) is 1. The van der Waals surface area contributed by atoms with Gasteiger partial charge in [-0.25, -0.2) is 0 Å². The van der Waals surface area contributed by atoms with E-state index in [9.17, 15) is 25.2 Å². The van der Waals surface area contributed by atoms with Gasteiger partial charge in [-0.2, -0.15) is 5.26 Å². The molecule has 0 heterocycles. The Hall–Kier alpha value is -3.66. The van der Waals surface area contributed by atoms with Gasteiger partial charge in [-0.05, 0) is 47.9 Å². The highest BCUT2D eigenvalue weighted by atomic mass is 16.3. The van der Waals surface area contributed by atoms with Crippen LogP contribution in [0, 0.1) is 11.3 Å². The highest BCUT2D eigenvalue weighted by Gasteiger charge is 2.10. The third-order valence-electron chi connectivity index (χ3n) is 3.41. The number of benzene rings is 2. The van der Waals surface area contributed by atoms with Crippen LogP contribution in [0.1, 0.15) is 11.1 Å². The molecule has 25 heavy (non-hydrogen) atoms. The summed E-state index contributed by atoms with van der Waals surface area (Å²) in [6, 6.07) is 10.1. The number of carbonyl (C=O) groups excluding carboxylic acids is 1. The second-order valence-electron chi connectivity index (χ2n) is 5.25. The zero-order valence-electron chi connectivity index (χ0n) is 13.1. The fourth-order valence-electron chi connectivity index (χ4n) is 2.09. The monoisotopic (exact) mass is 340 g/mol. The lowest BCUT2D eigenvalue weighted by atomic mass is 10.1. The van der Waals surface area contributed by atoms with E-state index in [1.54, 1.807) is 12.1 Å². The van der Waals surface area contributed by atoms with Crippen LogP contribution >= 0.6 is 0 Å². The molecule has 0 bridgehead atoms. The number of carbonyl (C=O) groups is 1. The number of aromatic hydroxyl groups is 4. The molecule has 2 aromatic carbocycles. The van der Waals surface area contributed by atoms with Gasteiger partial charge in [-0.15, -0.1) is 0 Å². The van der Waals surface area contributed by atoms with Crippen LogP contribution < -0.4 is 5.32 Å². The van der Waals surface area contributed by atoms with Crippen molar-refractivity contribution in [1.82, 2.24) is 5.32 Å². The molecule has 0 aliphatic carbocycles. The summed E-state index contributed by atoms with van der Waals surface area (Å²) in [6.07, 6.45) is 1.69. The van der Waals surface area contributed by atoms with Crippen LogP contribution in [0.4, 0.5) is 0 Å². The maximum absolute atomic E-state index is 12.0. The molecule has 7 heteroatoms. The lowest BCUT2D eigenvalue weighted by Crippen LogP contribution is -2.26. The van der Waals surface area contributed by atoms with Crippen LogP contribution in [-0.4, -0.2) is 32.9 Å².